The number of fused-ring (bicyclic) bond motifs is 5. The molecule has 1 aromatic rings. The minimum Gasteiger partial charge on any atom is -0.381 e. The minimum atomic E-state index is -0.0310. The van der Waals surface area contributed by atoms with Crippen LogP contribution in [0, 0.1) is 58.2 Å². The van der Waals surface area contributed by atoms with E-state index in [0.717, 1.165) is 54.8 Å². The predicted octanol–water partition coefficient (Wildman–Crippen LogP) is 6.66. The maximum Gasteiger partial charge on any atom is 0.224 e. The van der Waals surface area contributed by atoms with E-state index < -0.39 is 0 Å². The van der Waals surface area contributed by atoms with Crippen molar-refractivity contribution >= 4 is 5.91 Å². The zero-order chi connectivity index (χ0) is 24.6. The monoisotopic (exact) mass is 476 g/mol. The minimum absolute atomic E-state index is 0.0310. The first kappa shape index (κ1) is 24.8. The number of nitriles is 1. The number of rotatable bonds is 6. The van der Waals surface area contributed by atoms with Crippen LogP contribution in [0.3, 0.4) is 0 Å². The standard InChI is InChI=1S/C31H44N2O2/c1-4-35-19-22-7-11-25-24(17-22)10-12-27-26(25)15-16-31(3)28(27)13-14-29(31)30(34)33-20(2)23-8-5-21(18-32)6-9-23/h5-6,8-9,20,22,24-29H,4,7,10-17,19H2,1-3H3,(H,33,34). The number of ether oxygens (including phenoxy) is 1. The second-order valence-corrected chi connectivity index (χ2v) is 12.4. The van der Waals surface area contributed by atoms with Crippen LogP contribution >= 0.6 is 0 Å². The molecule has 4 fully saturated rings. The van der Waals surface area contributed by atoms with Crippen LogP contribution in [0.5, 0.6) is 0 Å². The molecule has 4 nitrogen and oxygen atoms in total. The van der Waals surface area contributed by atoms with Crippen LogP contribution in [0.25, 0.3) is 0 Å². The molecule has 0 bridgehead atoms. The SMILES string of the molecule is CCOCC1CCC2C(CCC3C2CCC2(C)C(C(=O)NC(C)c4ccc(C#N)cc4)CCC32)C1. The van der Waals surface area contributed by atoms with Gasteiger partial charge in [-0.15, -0.1) is 0 Å². The van der Waals surface area contributed by atoms with Gasteiger partial charge in [0.1, 0.15) is 0 Å². The van der Waals surface area contributed by atoms with E-state index >= 15 is 0 Å². The second-order valence-electron chi connectivity index (χ2n) is 12.4. The Morgan fingerprint density at radius 2 is 1.86 bits per heavy atom. The van der Waals surface area contributed by atoms with Crippen molar-refractivity contribution in [3.8, 4) is 6.07 Å². The van der Waals surface area contributed by atoms with Crippen LogP contribution in [0.4, 0.5) is 0 Å². The summed E-state index contributed by atoms with van der Waals surface area (Å²) < 4.78 is 5.78. The average molecular weight is 477 g/mol. The molecule has 190 valence electrons. The summed E-state index contributed by atoms with van der Waals surface area (Å²) in [6.45, 7) is 8.43. The molecule has 0 saturated heterocycles. The highest BCUT2D eigenvalue weighted by atomic mass is 16.5. The Kier molecular flexibility index (Phi) is 7.27. The van der Waals surface area contributed by atoms with Crippen LogP contribution in [0.15, 0.2) is 24.3 Å². The Labute approximate surface area is 212 Å². The van der Waals surface area contributed by atoms with Crippen molar-refractivity contribution < 1.29 is 9.53 Å². The van der Waals surface area contributed by atoms with Crippen LogP contribution in [-0.4, -0.2) is 19.1 Å². The molecule has 35 heavy (non-hydrogen) atoms. The zero-order valence-electron chi connectivity index (χ0n) is 22.0. The molecule has 9 unspecified atom stereocenters. The van der Waals surface area contributed by atoms with Crippen molar-refractivity contribution in [2.75, 3.05) is 13.2 Å². The van der Waals surface area contributed by atoms with Crippen molar-refractivity contribution in [2.45, 2.75) is 84.6 Å². The Hall–Kier alpha value is -1.86. The van der Waals surface area contributed by atoms with Gasteiger partial charge in [-0.05, 0) is 130 Å². The summed E-state index contributed by atoms with van der Waals surface area (Å²) in [6, 6.07) is 9.76. The number of hydrogen-bond donors (Lipinski definition) is 1. The summed E-state index contributed by atoms with van der Waals surface area (Å²) in [4.78, 5) is 13.5. The third-order valence-electron chi connectivity index (χ3n) is 10.8. The molecular formula is C31H44N2O2. The van der Waals surface area contributed by atoms with Gasteiger partial charge in [0.15, 0.2) is 0 Å². The van der Waals surface area contributed by atoms with Crippen LogP contribution in [0.2, 0.25) is 0 Å². The Bertz CT molecular complexity index is 936. The van der Waals surface area contributed by atoms with E-state index in [1.54, 1.807) is 0 Å². The number of carbonyl (C=O) groups is 1. The summed E-state index contributed by atoms with van der Waals surface area (Å²) >= 11 is 0. The predicted molar refractivity (Wildman–Crippen MR) is 138 cm³/mol. The molecule has 4 saturated carbocycles. The summed E-state index contributed by atoms with van der Waals surface area (Å²) in [5.41, 5.74) is 1.88. The largest absolute Gasteiger partial charge is 0.381 e. The van der Waals surface area contributed by atoms with Crippen molar-refractivity contribution in [3.05, 3.63) is 35.4 Å². The van der Waals surface area contributed by atoms with Gasteiger partial charge in [-0.2, -0.15) is 5.26 Å². The van der Waals surface area contributed by atoms with Crippen molar-refractivity contribution in [1.82, 2.24) is 5.32 Å². The first-order chi connectivity index (χ1) is 16.9. The smallest absolute Gasteiger partial charge is 0.224 e. The van der Waals surface area contributed by atoms with Crippen LogP contribution in [0.1, 0.15) is 95.7 Å². The normalized spacial score (nSPS) is 39.0. The fraction of sp³-hybridized carbons (Fsp3) is 0.742. The first-order valence-corrected chi connectivity index (χ1v) is 14.3. The summed E-state index contributed by atoms with van der Waals surface area (Å²) in [5, 5.41) is 12.4. The van der Waals surface area contributed by atoms with Gasteiger partial charge in [0, 0.05) is 19.1 Å². The topological polar surface area (TPSA) is 62.1 Å². The number of amides is 1. The lowest BCUT2D eigenvalue weighted by atomic mass is 9.49. The highest BCUT2D eigenvalue weighted by Crippen LogP contribution is 2.64. The summed E-state index contributed by atoms with van der Waals surface area (Å²) in [6.07, 6.45) is 11.7. The fourth-order valence-corrected chi connectivity index (χ4v) is 9.06. The lowest BCUT2D eigenvalue weighted by molar-refractivity contribution is -0.133. The molecule has 0 spiro atoms. The van der Waals surface area contributed by atoms with Crippen LogP contribution in [-0.2, 0) is 9.53 Å². The molecule has 4 aliphatic rings. The average Bonchev–Trinajstić information content (AvgIpc) is 3.24. The van der Waals surface area contributed by atoms with Gasteiger partial charge in [-0.1, -0.05) is 19.1 Å². The van der Waals surface area contributed by atoms with E-state index in [1.165, 1.54) is 51.4 Å². The molecule has 1 amide bonds. The third kappa shape index (κ3) is 4.66. The van der Waals surface area contributed by atoms with Crippen molar-refractivity contribution in [2.24, 2.45) is 46.8 Å². The first-order valence-electron chi connectivity index (χ1n) is 14.3. The van der Waals surface area contributed by atoms with Crippen LogP contribution < -0.4 is 5.32 Å². The van der Waals surface area contributed by atoms with Gasteiger partial charge < -0.3 is 10.1 Å². The third-order valence-corrected chi connectivity index (χ3v) is 10.8. The number of benzene rings is 1. The molecule has 4 heteroatoms. The Morgan fingerprint density at radius 1 is 1.09 bits per heavy atom. The number of carbonyl (C=O) groups excluding carboxylic acids is 1. The number of nitrogens with one attached hydrogen (secondary N) is 1. The molecule has 1 aromatic carbocycles. The molecule has 5 rings (SSSR count). The Morgan fingerprint density at radius 3 is 2.60 bits per heavy atom. The molecular weight excluding hydrogens is 432 g/mol. The summed E-state index contributed by atoms with van der Waals surface area (Å²) in [5.74, 6) is 5.41. The van der Waals surface area contributed by atoms with Gasteiger partial charge >= 0.3 is 0 Å². The Balaban J connectivity index is 1.22. The van der Waals surface area contributed by atoms with E-state index in [9.17, 15) is 4.79 Å². The highest BCUT2D eigenvalue weighted by Gasteiger charge is 2.58. The zero-order valence-corrected chi connectivity index (χ0v) is 22.0. The fourth-order valence-electron chi connectivity index (χ4n) is 9.06. The molecule has 0 aliphatic heterocycles. The van der Waals surface area contributed by atoms with E-state index in [1.807, 2.05) is 24.3 Å². The molecule has 0 heterocycles. The van der Waals surface area contributed by atoms with Gasteiger partial charge in [0.2, 0.25) is 5.91 Å². The van der Waals surface area contributed by atoms with Gasteiger partial charge in [-0.3, -0.25) is 4.79 Å². The van der Waals surface area contributed by atoms with Gasteiger partial charge in [0.25, 0.3) is 0 Å². The lowest BCUT2D eigenvalue weighted by Crippen LogP contribution is -2.50. The van der Waals surface area contributed by atoms with Gasteiger partial charge in [0.05, 0.1) is 17.7 Å². The molecule has 0 radical (unpaired) electrons. The van der Waals surface area contributed by atoms with E-state index in [-0.39, 0.29) is 23.3 Å². The van der Waals surface area contributed by atoms with E-state index in [2.05, 4.69) is 32.2 Å². The van der Waals surface area contributed by atoms with Crippen molar-refractivity contribution in [3.63, 3.8) is 0 Å². The van der Waals surface area contributed by atoms with Gasteiger partial charge in [-0.25, -0.2) is 0 Å². The molecule has 0 aromatic heterocycles. The lowest BCUT2D eigenvalue weighted by Gasteiger charge is -2.56. The maximum absolute atomic E-state index is 13.5. The maximum atomic E-state index is 13.5. The van der Waals surface area contributed by atoms with Crippen molar-refractivity contribution in [1.29, 1.82) is 5.26 Å². The number of nitrogens with zero attached hydrogens (tertiary/aromatic N) is 1. The molecule has 4 aliphatic carbocycles. The molecule has 1 N–H and O–H groups in total. The molecule has 9 atom stereocenters. The number of hydrogen-bond acceptors (Lipinski definition) is 3. The quantitative estimate of drug-likeness (QED) is 0.499. The summed E-state index contributed by atoms with van der Waals surface area (Å²) in [7, 11) is 0. The van der Waals surface area contributed by atoms with E-state index in [4.69, 9.17) is 10.00 Å². The van der Waals surface area contributed by atoms with E-state index in [0.29, 0.717) is 11.5 Å². The highest BCUT2D eigenvalue weighted by molar-refractivity contribution is 5.80. The second kappa shape index (κ2) is 10.3.